The van der Waals surface area contributed by atoms with E-state index in [0.717, 1.165) is 37.4 Å². The minimum atomic E-state index is -0.179. The molecule has 3 rings (SSSR count). The van der Waals surface area contributed by atoms with Gasteiger partial charge in [-0.25, -0.2) is 4.39 Å². The van der Waals surface area contributed by atoms with Gasteiger partial charge < -0.3 is 9.88 Å². The van der Waals surface area contributed by atoms with E-state index in [1.807, 2.05) is 25.2 Å². The summed E-state index contributed by atoms with van der Waals surface area (Å²) in [6.45, 7) is 1.89. The number of aryl methyl sites for hydroxylation is 2. The topological polar surface area (TPSA) is 17.0 Å². The Morgan fingerprint density at radius 2 is 1.88 bits per heavy atom. The maximum absolute atomic E-state index is 13.0. The zero-order valence-electron chi connectivity index (χ0n) is 13.9. The maximum Gasteiger partial charge on any atom is 0.123 e. The van der Waals surface area contributed by atoms with Crippen LogP contribution < -0.4 is 5.32 Å². The molecule has 1 aromatic heterocycles. The fourth-order valence-electron chi connectivity index (χ4n) is 3.09. The molecule has 0 unspecified atom stereocenters. The first-order chi connectivity index (χ1) is 11.7. The van der Waals surface area contributed by atoms with Gasteiger partial charge in [-0.2, -0.15) is 0 Å². The number of halogens is 2. The Kier molecular flexibility index (Phi) is 5.54. The molecule has 0 bridgehead atoms. The van der Waals surface area contributed by atoms with Gasteiger partial charge in [0.25, 0.3) is 0 Å². The lowest BCUT2D eigenvalue weighted by atomic mass is 10.1. The van der Waals surface area contributed by atoms with Gasteiger partial charge in [-0.1, -0.05) is 23.7 Å². The molecule has 0 aliphatic heterocycles. The van der Waals surface area contributed by atoms with E-state index in [9.17, 15) is 4.39 Å². The van der Waals surface area contributed by atoms with Crippen molar-refractivity contribution in [3.05, 3.63) is 70.6 Å². The van der Waals surface area contributed by atoms with Crippen molar-refractivity contribution in [2.45, 2.75) is 25.8 Å². The van der Waals surface area contributed by atoms with Crippen LogP contribution in [-0.2, 0) is 19.4 Å². The molecule has 1 N–H and O–H groups in total. The van der Waals surface area contributed by atoms with Crippen molar-refractivity contribution in [3.63, 3.8) is 0 Å². The Morgan fingerprint density at radius 1 is 1.08 bits per heavy atom. The molecule has 2 aromatic carbocycles. The number of likely N-dealkylation sites (N-methyl/N-ethyl adjacent to an activating group) is 1. The predicted octanol–water partition coefficient (Wildman–Crippen LogP) is 4.83. The van der Waals surface area contributed by atoms with Crippen molar-refractivity contribution in [1.29, 1.82) is 0 Å². The number of hydrogen-bond donors (Lipinski definition) is 1. The summed E-state index contributed by atoms with van der Waals surface area (Å²) in [4.78, 5) is 0. The zero-order chi connectivity index (χ0) is 16.9. The highest BCUT2D eigenvalue weighted by molar-refractivity contribution is 6.31. The number of hydrogen-bond acceptors (Lipinski definition) is 1. The van der Waals surface area contributed by atoms with E-state index in [0.29, 0.717) is 0 Å². The van der Waals surface area contributed by atoms with Gasteiger partial charge in [-0.15, -0.1) is 0 Å². The summed E-state index contributed by atoms with van der Waals surface area (Å²) in [6, 6.07) is 12.9. The standard InChI is InChI=1S/C20H22ClFN2/c1-23-11-10-16-14-24(20-9-6-17(21)13-19(16)20)12-2-3-15-4-7-18(22)8-5-15/h4-9,13-14,23H,2-3,10-12H2,1H3. The molecule has 126 valence electrons. The van der Waals surface area contributed by atoms with Crippen molar-refractivity contribution in [2.24, 2.45) is 0 Å². The van der Waals surface area contributed by atoms with E-state index in [4.69, 9.17) is 11.6 Å². The summed E-state index contributed by atoms with van der Waals surface area (Å²) in [5, 5.41) is 5.21. The monoisotopic (exact) mass is 344 g/mol. The van der Waals surface area contributed by atoms with Gasteiger partial charge in [-0.05, 0) is 74.3 Å². The first-order valence-electron chi connectivity index (χ1n) is 8.33. The van der Waals surface area contributed by atoms with Gasteiger partial charge in [0.15, 0.2) is 0 Å². The second-order valence-corrected chi connectivity index (χ2v) is 6.53. The first-order valence-corrected chi connectivity index (χ1v) is 8.71. The minimum Gasteiger partial charge on any atom is -0.347 e. The zero-order valence-corrected chi connectivity index (χ0v) is 14.6. The number of fused-ring (bicyclic) bond motifs is 1. The van der Waals surface area contributed by atoms with Crippen LogP contribution in [0.5, 0.6) is 0 Å². The molecule has 0 aliphatic rings. The maximum atomic E-state index is 13.0. The summed E-state index contributed by atoms with van der Waals surface area (Å²) >= 11 is 6.18. The van der Waals surface area contributed by atoms with Crippen LogP contribution in [0.1, 0.15) is 17.5 Å². The highest BCUT2D eigenvalue weighted by atomic mass is 35.5. The quantitative estimate of drug-likeness (QED) is 0.649. The molecule has 0 radical (unpaired) electrons. The van der Waals surface area contributed by atoms with Gasteiger partial charge in [-0.3, -0.25) is 0 Å². The molecule has 3 aromatic rings. The number of rotatable bonds is 7. The fourth-order valence-corrected chi connectivity index (χ4v) is 3.26. The van der Waals surface area contributed by atoms with Crippen molar-refractivity contribution in [1.82, 2.24) is 9.88 Å². The number of nitrogens with zero attached hydrogens (tertiary/aromatic N) is 1. The van der Waals surface area contributed by atoms with Crippen molar-refractivity contribution >= 4 is 22.5 Å². The van der Waals surface area contributed by atoms with Gasteiger partial charge in [0.1, 0.15) is 5.82 Å². The third-order valence-electron chi connectivity index (χ3n) is 4.35. The van der Waals surface area contributed by atoms with Gasteiger partial charge >= 0.3 is 0 Å². The minimum absolute atomic E-state index is 0.179. The molecule has 0 saturated carbocycles. The first kappa shape index (κ1) is 17.0. The average Bonchev–Trinajstić information content (AvgIpc) is 2.92. The molecule has 2 nitrogen and oxygen atoms in total. The smallest absolute Gasteiger partial charge is 0.123 e. The molecule has 0 aliphatic carbocycles. The Bertz CT molecular complexity index is 808. The number of aromatic nitrogens is 1. The summed E-state index contributed by atoms with van der Waals surface area (Å²) in [5.74, 6) is -0.179. The largest absolute Gasteiger partial charge is 0.347 e. The van der Waals surface area contributed by atoms with Crippen LogP contribution in [0.15, 0.2) is 48.7 Å². The molecular formula is C20H22ClFN2. The number of nitrogens with one attached hydrogen (secondary N) is 1. The van der Waals surface area contributed by atoms with Crippen LogP contribution in [-0.4, -0.2) is 18.2 Å². The van der Waals surface area contributed by atoms with E-state index in [-0.39, 0.29) is 5.82 Å². The van der Waals surface area contributed by atoms with Crippen molar-refractivity contribution < 1.29 is 4.39 Å². The van der Waals surface area contributed by atoms with Crippen molar-refractivity contribution in [3.8, 4) is 0 Å². The van der Waals surface area contributed by atoms with Crippen molar-refractivity contribution in [2.75, 3.05) is 13.6 Å². The Hall–Kier alpha value is -1.84. The summed E-state index contributed by atoms with van der Waals surface area (Å²) < 4.78 is 15.3. The van der Waals surface area contributed by atoms with Gasteiger partial charge in [0.05, 0.1) is 0 Å². The second-order valence-electron chi connectivity index (χ2n) is 6.09. The van der Waals surface area contributed by atoms with E-state index in [1.165, 1.54) is 34.2 Å². The van der Waals surface area contributed by atoms with Crippen LogP contribution in [0, 0.1) is 5.82 Å². The van der Waals surface area contributed by atoms with E-state index < -0.39 is 0 Å². The summed E-state index contributed by atoms with van der Waals surface area (Å²) in [6.07, 6.45) is 5.18. The SMILES string of the molecule is CNCCc1cn(CCCc2ccc(F)cc2)c2ccc(Cl)cc12. The molecule has 4 heteroatoms. The molecule has 0 saturated heterocycles. The number of benzene rings is 2. The molecule has 0 amide bonds. The highest BCUT2D eigenvalue weighted by Gasteiger charge is 2.09. The molecule has 24 heavy (non-hydrogen) atoms. The summed E-state index contributed by atoms with van der Waals surface area (Å²) in [5.41, 5.74) is 3.72. The van der Waals surface area contributed by atoms with Gasteiger partial charge in [0.2, 0.25) is 0 Å². The predicted molar refractivity (Wildman–Crippen MR) is 99.3 cm³/mol. The summed E-state index contributed by atoms with van der Waals surface area (Å²) in [7, 11) is 1.97. The Balaban J connectivity index is 1.74. The molecule has 0 atom stereocenters. The second kappa shape index (κ2) is 7.82. The van der Waals surface area contributed by atoms with Crippen LogP contribution in [0.3, 0.4) is 0 Å². The van der Waals surface area contributed by atoms with E-state index in [2.05, 4.69) is 28.2 Å². The Labute approximate surface area is 147 Å². The molecular weight excluding hydrogens is 323 g/mol. The normalized spacial score (nSPS) is 11.3. The molecule has 1 heterocycles. The van der Waals surface area contributed by atoms with E-state index in [1.54, 1.807) is 0 Å². The van der Waals surface area contributed by atoms with Crippen LogP contribution >= 0.6 is 11.6 Å². The van der Waals surface area contributed by atoms with Gasteiger partial charge in [0, 0.05) is 28.7 Å². The van der Waals surface area contributed by atoms with Crippen LogP contribution in [0.25, 0.3) is 10.9 Å². The molecule has 0 fully saturated rings. The lowest BCUT2D eigenvalue weighted by molar-refractivity contribution is 0.624. The van der Waals surface area contributed by atoms with Crippen LogP contribution in [0.4, 0.5) is 4.39 Å². The fraction of sp³-hybridized carbons (Fsp3) is 0.300. The van der Waals surface area contributed by atoms with E-state index >= 15 is 0 Å². The highest BCUT2D eigenvalue weighted by Crippen LogP contribution is 2.26. The lowest BCUT2D eigenvalue weighted by Crippen LogP contribution is -2.10. The Morgan fingerprint density at radius 3 is 2.62 bits per heavy atom. The molecule has 0 spiro atoms. The third-order valence-corrected chi connectivity index (χ3v) is 4.58. The average molecular weight is 345 g/mol. The van der Waals surface area contributed by atoms with Crippen LogP contribution in [0.2, 0.25) is 5.02 Å². The lowest BCUT2D eigenvalue weighted by Gasteiger charge is -2.06. The third kappa shape index (κ3) is 3.97.